The van der Waals surface area contributed by atoms with Gasteiger partial charge in [-0.2, -0.15) is 0 Å². The summed E-state index contributed by atoms with van der Waals surface area (Å²) in [6.45, 7) is 6.67. The molecule has 0 aromatic heterocycles. The van der Waals surface area contributed by atoms with Crippen molar-refractivity contribution in [1.29, 1.82) is 0 Å². The average Bonchev–Trinajstić information content (AvgIpc) is 2.49. The largest absolute Gasteiger partial charge is 0.447 e. The first-order chi connectivity index (χ1) is 10.9. The summed E-state index contributed by atoms with van der Waals surface area (Å²) in [5, 5.41) is 14.4. The number of amides is 1. The van der Waals surface area contributed by atoms with Gasteiger partial charge >= 0.3 is 6.09 Å². The summed E-state index contributed by atoms with van der Waals surface area (Å²) >= 11 is 0. The molecule has 1 N–H and O–H groups in total. The van der Waals surface area contributed by atoms with Gasteiger partial charge in [-0.25, -0.2) is 4.79 Å². The van der Waals surface area contributed by atoms with Crippen molar-refractivity contribution in [2.24, 2.45) is 0 Å². The van der Waals surface area contributed by atoms with E-state index in [1.807, 2.05) is 26.8 Å². The zero-order valence-corrected chi connectivity index (χ0v) is 13.7. The number of aryl methyl sites for hydroxylation is 1. The Morgan fingerprint density at radius 1 is 1.39 bits per heavy atom. The molecule has 1 saturated heterocycles. The monoisotopic (exact) mass is 321 g/mol. The van der Waals surface area contributed by atoms with Crippen molar-refractivity contribution < 1.29 is 14.5 Å². The molecule has 2 rings (SSSR count). The van der Waals surface area contributed by atoms with Crippen molar-refractivity contribution in [1.82, 2.24) is 4.90 Å². The quantitative estimate of drug-likeness (QED) is 0.679. The number of carbonyl (C=O) groups is 1. The normalized spacial score (nSPS) is 15.6. The maximum Gasteiger partial charge on any atom is 0.410 e. The van der Waals surface area contributed by atoms with E-state index in [4.69, 9.17) is 4.74 Å². The number of carbonyl (C=O) groups excluding carboxylic acids is 1. The van der Waals surface area contributed by atoms with Crippen LogP contribution in [-0.4, -0.2) is 41.2 Å². The molecular formula is C16H23N3O4. The molecule has 1 fully saturated rings. The Bertz CT molecular complexity index is 581. The highest BCUT2D eigenvalue weighted by Gasteiger charge is 2.26. The Morgan fingerprint density at radius 2 is 2.04 bits per heavy atom. The number of hydrogen-bond donors (Lipinski definition) is 1. The van der Waals surface area contributed by atoms with Crippen LogP contribution >= 0.6 is 0 Å². The van der Waals surface area contributed by atoms with Gasteiger partial charge in [-0.1, -0.05) is 12.1 Å². The minimum absolute atomic E-state index is 0.0895. The highest BCUT2D eigenvalue weighted by Crippen LogP contribution is 2.29. The maximum absolute atomic E-state index is 11.9. The Kier molecular flexibility index (Phi) is 5.41. The predicted octanol–water partition coefficient (Wildman–Crippen LogP) is 3.32. The number of anilines is 1. The molecule has 0 aliphatic carbocycles. The van der Waals surface area contributed by atoms with E-state index in [1.165, 1.54) is 6.07 Å². The van der Waals surface area contributed by atoms with Gasteiger partial charge < -0.3 is 15.0 Å². The van der Waals surface area contributed by atoms with Crippen LogP contribution in [0, 0.1) is 17.0 Å². The lowest BCUT2D eigenvalue weighted by atomic mass is 10.0. The van der Waals surface area contributed by atoms with Gasteiger partial charge in [0.05, 0.1) is 11.0 Å². The first-order valence-corrected chi connectivity index (χ1v) is 7.84. The summed E-state index contributed by atoms with van der Waals surface area (Å²) in [6, 6.07) is 5.15. The number of hydrogen-bond acceptors (Lipinski definition) is 5. The van der Waals surface area contributed by atoms with Crippen molar-refractivity contribution in [2.45, 2.75) is 45.8 Å². The number of ether oxygens (including phenoxy) is 1. The number of rotatable bonds is 4. The van der Waals surface area contributed by atoms with Crippen LogP contribution in [0.4, 0.5) is 16.2 Å². The van der Waals surface area contributed by atoms with Crippen molar-refractivity contribution in [3.8, 4) is 0 Å². The fraction of sp³-hybridized carbons (Fsp3) is 0.562. The minimum atomic E-state index is -0.371. The SMILES string of the molecule is Cc1cccc([N+](=O)[O-])c1NC1CCN(C(=O)OC(C)C)CC1. The first kappa shape index (κ1) is 17.1. The van der Waals surface area contributed by atoms with Gasteiger partial charge in [-0.05, 0) is 39.2 Å². The summed E-state index contributed by atoms with van der Waals surface area (Å²) in [7, 11) is 0. The lowest BCUT2D eigenvalue weighted by Crippen LogP contribution is -2.43. The van der Waals surface area contributed by atoms with Gasteiger partial charge in [0.25, 0.3) is 5.69 Å². The molecule has 126 valence electrons. The van der Waals surface area contributed by atoms with Crippen molar-refractivity contribution in [2.75, 3.05) is 18.4 Å². The van der Waals surface area contributed by atoms with E-state index in [0.29, 0.717) is 18.8 Å². The number of nitro groups is 1. The molecule has 1 aromatic carbocycles. The van der Waals surface area contributed by atoms with Crippen LogP contribution in [0.1, 0.15) is 32.3 Å². The van der Waals surface area contributed by atoms with Crippen LogP contribution in [0.2, 0.25) is 0 Å². The average molecular weight is 321 g/mol. The molecule has 1 aliphatic rings. The van der Waals surface area contributed by atoms with E-state index < -0.39 is 0 Å². The van der Waals surface area contributed by atoms with Gasteiger partial charge in [-0.15, -0.1) is 0 Å². The molecule has 23 heavy (non-hydrogen) atoms. The topological polar surface area (TPSA) is 84.7 Å². The Morgan fingerprint density at radius 3 is 2.61 bits per heavy atom. The Balaban J connectivity index is 1.97. The second-order valence-corrected chi connectivity index (χ2v) is 6.06. The van der Waals surface area contributed by atoms with Crippen LogP contribution in [-0.2, 0) is 4.74 Å². The van der Waals surface area contributed by atoms with Gasteiger partial charge in [0.15, 0.2) is 0 Å². The van der Waals surface area contributed by atoms with Crippen LogP contribution in [0.3, 0.4) is 0 Å². The first-order valence-electron chi connectivity index (χ1n) is 7.84. The van der Waals surface area contributed by atoms with E-state index >= 15 is 0 Å². The Labute approximate surface area is 135 Å². The van der Waals surface area contributed by atoms with Crippen LogP contribution in [0.15, 0.2) is 18.2 Å². The van der Waals surface area contributed by atoms with E-state index in [9.17, 15) is 14.9 Å². The molecule has 7 heteroatoms. The molecule has 0 atom stereocenters. The second kappa shape index (κ2) is 7.30. The van der Waals surface area contributed by atoms with Crippen LogP contribution in [0.5, 0.6) is 0 Å². The summed E-state index contributed by atoms with van der Waals surface area (Å²) < 4.78 is 5.19. The lowest BCUT2D eigenvalue weighted by Gasteiger charge is -2.32. The van der Waals surface area contributed by atoms with Gasteiger partial charge in [0.1, 0.15) is 5.69 Å². The molecule has 0 saturated carbocycles. The van der Waals surface area contributed by atoms with E-state index in [-0.39, 0.29) is 28.8 Å². The number of likely N-dealkylation sites (tertiary alicyclic amines) is 1. The molecular weight excluding hydrogens is 298 g/mol. The summed E-state index contributed by atoms with van der Waals surface area (Å²) in [5.41, 5.74) is 1.51. The van der Waals surface area contributed by atoms with Crippen molar-refractivity contribution in [3.63, 3.8) is 0 Å². The fourth-order valence-corrected chi connectivity index (χ4v) is 2.68. The number of para-hydroxylation sites is 1. The fourth-order valence-electron chi connectivity index (χ4n) is 2.68. The molecule has 7 nitrogen and oxygen atoms in total. The molecule has 1 amide bonds. The number of nitro benzene ring substituents is 1. The minimum Gasteiger partial charge on any atom is -0.447 e. The zero-order valence-electron chi connectivity index (χ0n) is 13.7. The lowest BCUT2D eigenvalue weighted by molar-refractivity contribution is -0.384. The molecule has 1 aliphatic heterocycles. The summed E-state index contributed by atoms with van der Waals surface area (Å²) in [5.74, 6) is 0. The molecule has 0 bridgehead atoms. The molecule has 1 aromatic rings. The van der Waals surface area contributed by atoms with E-state index in [0.717, 1.165) is 18.4 Å². The molecule has 0 unspecified atom stereocenters. The van der Waals surface area contributed by atoms with Gasteiger partial charge in [0, 0.05) is 25.2 Å². The number of piperidine rings is 1. The second-order valence-electron chi connectivity index (χ2n) is 6.06. The summed E-state index contributed by atoms with van der Waals surface area (Å²) in [4.78, 5) is 24.3. The maximum atomic E-state index is 11.9. The smallest absolute Gasteiger partial charge is 0.410 e. The van der Waals surface area contributed by atoms with E-state index in [1.54, 1.807) is 11.0 Å². The third-order valence-electron chi connectivity index (χ3n) is 3.89. The molecule has 0 radical (unpaired) electrons. The van der Waals surface area contributed by atoms with Gasteiger partial charge in [-0.3, -0.25) is 10.1 Å². The highest BCUT2D eigenvalue weighted by atomic mass is 16.6. The number of benzene rings is 1. The van der Waals surface area contributed by atoms with Crippen molar-refractivity contribution >= 4 is 17.5 Å². The van der Waals surface area contributed by atoms with Crippen LogP contribution in [0.25, 0.3) is 0 Å². The van der Waals surface area contributed by atoms with Gasteiger partial charge in [0.2, 0.25) is 0 Å². The highest BCUT2D eigenvalue weighted by molar-refractivity contribution is 5.68. The molecule has 0 spiro atoms. The third kappa shape index (κ3) is 4.34. The Hall–Kier alpha value is -2.31. The number of nitrogens with one attached hydrogen (secondary N) is 1. The predicted molar refractivity (Wildman–Crippen MR) is 87.7 cm³/mol. The zero-order chi connectivity index (χ0) is 17.0. The number of nitrogens with zero attached hydrogens (tertiary/aromatic N) is 2. The third-order valence-corrected chi connectivity index (χ3v) is 3.89. The van der Waals surface area contributed by atoms with E-state index in [2.05, 4.69) is 5.32 Å². The van der Waals surface area contributed by atoms with Crippen LogP contribution < -0.4 is 5.32 Å². The molecule has 1 heterocycles. The van der Waals surface area contributed by atoms with Crippen molar-refractivity contribution in [3.05, 3.63) is 33.9 Å². The summed E-state index contributed by atoms with van der Waals surface area (Å²) in [6.07, 6.45) is 1.05. The standard InChI is InChI=1S/C16H23N3O4/c1-11(2)23-16(20)18-9-7-13(8-10-18)17-15-12(3)5-4-6-14(15)19(21)22/h4-6,11,13,17H,7-10H2,1-3H3.